The maximum atomic E-state index is 9.71. The zero-order chi connectivity index (χ0) is 12.1. The van der Waals surface area contributed by atoms with Crippen LogP contribution in [-0.2, 0) is 0 Å². The normalized spacial score (nSPS) is 11.7. The van der Waals surface area contributed by atoms with Crippen molar-refractivity contribution < 1.29 is 14.6 Å². The molecular weight excluding hydrogens is 208 g/mol. The van der Waals surface area contributed by atoms with Crippen molar-refractivity contribution in [3.63, 3.8) is 0 Å². The van der Waals surface area contributed by atoms with E-state index in [9.17, 15) is 5.11 Å². The Morgan fingerprint density at radius 1 is 1.44 bits per heavy atom. The number of rotatable bonds is 4. The number of aliphatic hydroxyl groups excluding tert-OH is 1. The summed E-state index contributed by atoms with van der Waals surface area (Å²) in [6.07, 6.45) is -0.878. The van der Waals surface area contributed by atoms with Gasteiger partial charge in [0.1, 0.15) is 0 Å². The van der Waals surface area contributed by atoms with E-state index in [1.165, 1.54) is 14.2 Å². The molecule has 1 aromatic carbocycles. The molecular formula is C11H14N2O3. The van der Waals surface area contributed by atoms with Crippen LogP contribution in [0.25, 0.3) is 0 Å². The van der Waals surface area contributed by atoms with Crippen LogP contribution < -0.4 is 15.2 Å². The smallest absolute Gasteiger partial charge is 0.166 e. The molecule has 1 unspecified atom stereocenters. The molecule has 0 bridgehead atoms. The number of aliphatic hydroxyl groups is 1. The summed E-state index contributed by atoms with van der Waals surface area (Å²) in [7, 11) is 2.94. The monoisotopic (exact) mass is 222 g/mol. The van der Waals surface area contributed by atoms with Gasteiger partial charge in [0.05, 0.1) is 32.0 Å². The van der Waals surface area contributed by atoms with Crippen LogP contribution in [0.1, 0.15) is 17.2 Å². The van der Waals surface area contributed by atoms with Crippen molar-refractivity contribution in [2.45, 2.75) is 6.10 Å². The third kappa shape index (κ3) is 2.24. The van der Waals surface area contributed by atoms with Crippen molar-refractivity contribution in [2.24, 2.45) is 5.73 Å². The lowest BCUT2D eigenvalue weighted by Crippen LogP contribution is -2.13. The average molecular weight is 222 g/mol. The lowest BCUT2D eigenvalue weighted by molar-refractivity contribution is 0.181. The van der Waals surface area contributed by atoms with Gasteiger partial charge in [0.25, 0.3) is 0 Å². The van der Waals surface area contributed by atoms with Gasteiger partial charge in [-0.3, -0.25) is 0 Å². The second kappa shape index (κ2) is 5.35. The number of methoxy groups -OCH3 is 2. The molecule has 0 heterocycles. The molecule has 0 aliphatic heterocycles. The minimum Gasteiger partial charge on any atom is -0.493 e. The molecule has 86 valence electrons. The van der Waals surface area contributed by atoms with Crippen molar-refractivity contribution in [3.05, 3.63) is 23.3 Å². The van der Waals surface area contributed by atoms with E-state index < -0.39 is 6.10 Å². The van der Waals surface area contributed by atoms with Crippen LogP contribution in [0.4, 0.5) is 0 Å². The van der Waals surface area contributed by atoms with Crippen LogP contribution in [-0.4, -0.2) is 25.9 Å². The molecule has 16 heavy (non-hydrogen) atoms. The third-order valence-corrected chi connectivity index (χ3v) is 2.22. The average Bonchev–Trinajstić information content (AvgIpc) is 2.35. The van der Waals surface area contributed by atoms with Gasteiger partial charge < -0.3 is 20.3 Å². The Hall–Kier alpha value is -1.77. The predicted octanol–water partition coefficient (Wildman–Crippen LogP) is 0.568. The Labute approximate surface area is 94.0 Å². The molecule has 1 aromatic rings. The molecule has 0 spiro atoms. The van der Waals surface area contributed by atoms with E-state index >= 15 is 0 Å². The molecule has 5 nitrogen and oxygen atoms in total. The predicted molar refractivity (Wildman–Crippen MR) is 58.3 cm³/mol. The Balaban J connectivity index is 3.38. The molecule has 0 fully saturated rings. The summed E-state index contributed by atoms with van der Waals surface area (Å²) < 4.78 is 10.2. The Morgan fingerprint density at radius 3 is 2.56 bits per heavy atom. The molecule has 0 amide bonds. The SMILES string of the molecule is COc1cc(C#N)cc(C(O)CN)c1OC. The van der Waals surface area contributed by atoms with Crippen LogP contribution >= 0.6 is 0 Å². The fourth-order valence-electron chi connectivity index (χ4n) is 1.43. The molecule has 0 aromatic heterocycles. The van der Waals surface area contributed by atoms with Crippen LogP contribution in [0.15, 0.2) is 12.1 Å². The minimum atomic E-state index is -0.878. The molecule has 1 atom stereocenters. The standard InChI is InChI=1S/C11H14N2O3/c1-15-10-4-7(5-12)3-8(9(14)6-13)11(10)16-2/h3-4,9,14H,6,13H2,1-2H3. The molecule has 1 rings (SSSR count). The van der Waals surface area contributed by atoms with E-state index in [0.29, 0.717) is 22.6 Å². The number of benzene rings is 1. The molecule has 0 radical (unpaired) electrons. The van der Waals surface area contributed by atoms with Crippen molar-refractivity contribution in [2.75, 3.05) is 20.8 Å². The minimum absolute atomic E-state index is 0.0500. The first kappa shape index (κ1) is 12.3. The highest BCUT2D eigenvalue weighted by atomic mass is 16.5. The summed E-state index contributed by atoms with van der Waals surface area (Å²) in [5.41, 5.74) is 6.23. The van der Waals surface area contributed by atoms with Crippen LogP contribution in [0, 0.1) is 11.3 Å². The molecule has 5 heteroatoms. The van der Waals surface area contributed by atoms with Gasteiger partial charge in [0, 0.05) is 18.2 Å². The summed E-state index contributed by atoms with van der Waals surface area (Å²) in [5, 5.41) is 18.6. The lowest BCUT2D eigenvalue weighted by atomic mass is 10.0. The Kier molecular flexibility index (Phi) is 4.11. The van der Waals surface area contributed by atoms with Gasteiger partial charge in [-0.15, -0.1) is 0 Å². The van der Waals surface area contributed by atoms with Gasteiger partial charge in [-0.1, -0.05) is 0 Å². The first-order chi connectivity index (χ1) is 7.67. The number of nitrogens with zero attached hydrogens (tertiary/aromatic N) is 1. The molecule has 3 N–H and O–H groups in total. The summed E-state index contributed by atoms with van der Waals surface area (Å²) in [4.78, 5) is 0. The number of nitriles is 1. The molecule has 0 saturated carbocycles. The van der Waals surface area contributed by atoms with Crippen molar-refractivity contribution in [1.29, 1.82) is 5.26 Å². The number of hydrogen-bond donors (Lipinski definition) is 2. The van der Waals surface area contributed by atoms with Gasteiger partial charge in [-0.25, -0.2) is 0 Å². The van der Waals surface area contributed by atoms with Crippen molar-refractivity contribution >= 4 is 0 Å². The van der Waals surface area contributed by atoms with Crippen LogP contribution in [0.2, 0.25) is 0 Å². The maximum Gasteiger partial charge on any atom is 0.166 e. The van der Waals surface area contributed by atoms with Gasteiger partial charge in [-0.2, -0.15) is 5.26 Å². The maximum absolute atomic E-state index is 9.71. The highest BCUT2D eigenvalue weighted by Crippen LogP contribution is 2.35. The Bertz CT molecular complexity index is 412. The highest BCUT2D eigenvalue weighted by Gasteiger charge is 2.17. The largest absolute Gasteiger partial charge is 0.493 e. The zero-order valence-electron chi connectivity index (χ0n) is 9.23. The van der Waals surface area contributed by atoms with Gasteiger partial charge in [-0.05, 0) is 6.07 Å². The number of nitrogens with two attached hydrogens (primary N) is 1. The highest BCUT2D eigenvalue weighted by molar-refractivity contribution is 5.53. The van der Waals surface area contributed by atoms with E-state index in [1.807, 2.05) is 6.07 Å². The van der Waals surface area contributed by atoms with E-state index in [-0.39, 0.29) is 6.54 Å². The van der Waals surface area contributed by atoms with E-state index in [0.717, 1.165) is 0 Å². The van der Waals surface area contributed by atoms with E-state index in [2.05, 4.69) is 0 Å². The van der Waals surface area contributed by atoms with Crippen LogP contribution in [0.3, 0.4) is 0 Å². The first-order valence-electron chi connectivity index (χ1n) is 4.72. The van der Waals surface area contributed by atoms with Crippen LogP contribution in [0.5, 0.6) is 11.5 Å². The number of ether oxygens (including phenoxy) is 2. The van der Waals surface area contributed by atoms with Gasteiger partial charge >= 0.3 is 0 Å². The summed E-state index contributed by atoms with van der Waals surface area (Å²) in [5.74, 6) is 0.809. The number of hydrogen-bond acceptors (Lipinski definition) is 5. The van der Waals surface area contributed by atoms with Gasteiger partial charge in [0.2, 0.25) is 0 Å². The van der Waals surface area contributed by atoms with E-state index in [1.54, 1.807) is 12.1 Å². The van der Waals surface area contributed by atoms with E-state index in [4.69, 9.17) is 20.5 Å². The summed E-state index contributed by atoms with van der Waals surface area (Å²) in [6.45, 7) is 0.0500. The molecule has 0 aliphatic carbocycles. The summed E-state index contributed by atoms with van der Waals surface area (Å²) in [6, 6.07) is 5.07. The fourth-order valence-corrected chi connectivity index (χ4v) is 1.43. The van der Waals surface area contributed by atoms with Gasteiger partial charge in [0.15, 0.2) is 11.5 Å². The van der Waals surface area contributed by atoms with Crippen molar-refractivity contribution in [1.82, 2.24) is 0 Å². The zero-order valence-corrected chi connectivity index (χ0v) is 9.23. The Morgan fingerprint density at radius 2 is 2.12 bits per heavy atom. The fraction of sp³-hybridized carbons (Fsp3) is 0.364. The molecule has 0 saturated heterocycles. The quantitative estimate of drug-likeness (QED) is 0.777. The summed E-state index contributed by atoms with van der Waals surface area (Å²) >= 11 is 0. The topological polar surface area (TPSA) is 88.5 Å². The lowest BCUT2D eigenvalue weighted by Gasteiger charge is -2.16. The molecule has 0 aliphatic rings. The second-order valence-corrected chi connectivity index (χ2v) is 3.16. The second-order valence-electron chi connectivity index (χ2n) is 3.16. The third-order valence-electron chi connectivity index (χ3n) is 2.22. The first-order valence-corrected chi connectivity index (χ1v) is 4.72. The van der Waals surface area contributed by atoms with Crippen molar-refractivity contribution in [3.8, 4) is 17.6 Å².